The van der Waals surface area contributed by atoms with Gasteiger partial charge in [-0.1, -0.05) is 24.8 Å². The molecule has 0 N–H and O–H groups in total. The maximum Gasteiger partial charge on any atom is 0.494 e. The Kier molecular flexibility index (Phi) is 5.58. The Bertz CT molecular complexity index is 1210. The van der Waals surface area contributed by atoms with Gasteiger partial charge in [-0.25, -0.2) is 0 Å². The number of aromatic nitrogens is 1. The molecule has 1 aliphatic carbocycles. The van der Waals surface area contributed by atoms with Crippen LogP contribution in [0.3, 0.4) is 0 Å². The van der Waals surface area contributed by atoms with E-state index in [4.69, 9.17) is 18.6 Å². The number of hydrogen-bond donors (Lipinski definition) is 0. The third-order valence-corrected chi connectivity index (χ3v) is 8.80. The molecule has 3 aliphatic rings. The summed E-state index contributed by atoms with van der Waals surface area (Å²) in [7, 11) is -0.731. The summed E-state index contributed by atoms with van der Waals surface area (Å²) in [5.41, 5.74) is 5.47. The predicted octanol–water partition coefficient (Wildman–Crippen LogP) is 5.78. The number of fused-ring (bicyclic) bond motifs is 3. The van der Waals surface area contributed by atoms with Gasteiger partial charge in [-0.15, -0.1) is 0 Å². The topological polar surface area (TPSA) is 41.9 Å². The van der Waals surface area contributed by atoms with Crippen molar-refractivity contribution in [3.05, 3.63) is 41.5 Å². The summed E-state index contributed by atoms with van der Waals surface area (Å²) in [6, 6.07) is 6.54. The zero-order valence-corrected chi connectivity index (χ0v) is 22.9. The van der Waals surface area contributed by atoms with Crippen LogP contribution >= 0.6 is 0 Å². The van der Waals surface area contributed by atoms with E-state index in [2.05, 4.69) is 97.7 Å². The van der Waals surface area contributed by atoms with Gasteiger partial charge in [0, 0.05) is 22.3 Å². The average Bonchev–Trinajstić information content (AvgIpc) is 3.14. The first-order valence-corrected chi connectivity index (χ1v) is 12.9. The minimum absolute atomic E-state index is 0.333. The molecule has 186 valence electrons. The van der Waals surface area contributed by atoms with E-state index in [9.17, 15) is 0 Å². The second-order valence-electron chi connectivity index (χ2n) is 12.5. The van der Waals surface area contributed by atoms with Gasteiger partial charge >= 0.3 is 14.2 Å². The van der Waals surface area contributed by atoms with Crippen LogP contribution in [0.25, 0.3) is 22.7 Å². The van der Waals surface area contributed by atoms with Crippen LogP contribution in [-0.2, 0) is 25.0 Å². The Hall–Kier alpha value is -1.79. The van der Waals surface area contributed by atoms with Gasteiger partial charge in [-0.2, -0.15) is 0 Å². The Morgan fingerprint density at radius 2 is 1.37 bits per heavy atom. The van der Waals surface area contributed by atoms with Crippen molar-refractivity contribution in [1.29, 1.82) is 0 Å². The first kappa shape index (κ1) is 24.9. The van der Waals surface area contributed by atoms with Crippen molar-refractivity contribution in [2.45, 2.75) is 104 Å². The van der Waals surface area contributed by atoms with E-state index in [1.54, 1.807) is 0 Å². The van der Waals surface area contributed by atoms with Gasteiger partial charge in [-0.3, -0.25) is 0 Å². The van der Waals surface area contributed by atoms with Gasteiger partial charge in [-0.05, 0) is 98.6 Å². The van der Waals surface area contributed by atoms with Gasteiger partial charge in [0.15, 0.2) is 0 Å². The molecule has 0 unspecified atom stereocenters. The molecule has 2 aromatic rings. The van der Waals surface area contributed by atoms with E-state index in [-0.39, 0.29) is 29.5 Å². The maximum atomic E-state index is 6.44. The molecule has 0 bridgehead atoms. The van der Waals surface area contributed by atoms with Gasteiger partial charge in [0.25, 0.3) is 0 Å². The van der Waals surface area contributed by atoms with E-state index < -0.39 is 7.12 Å². The lowest BCUT2D eigenvalue weighted by Crippen LogP contribution is -2.41. The Balaban J connectivity index is 1.62. The molecule has 5 rings (SSSR count). The number of hydrogen-bond acceptors (Lipinski definition) is 4. The summed E-state index contributed by atoms with van der Waals surface area (Å²) >= 11 is 0. The molecule has 2 fully saturated rings. The van der Waals surface area contributed by atoms with Gasteiger partial charge in [0.2, 0.25) is 0 Å². The zero-order valence-electron chi connectivity index (χ0n) is 22.9. The Morgan fingerprint density at radius 3 is 1.91 bits per heavy atom. The van der Waals surface area contributed by atoms with Crippen molar-refractivity contribution in [2.75, 3.05) is 0 Å². The maximum absolute atomic E-state index is 6.44. The minimum atomic E-state index is -0.398. The normalized spacial score (nSPS) is 24.4. The summed E-state index contributed by atoms with van der Waals surface area (Å²) in [6.45, 7) is 23.2. The van der Waals surface area contributed by atoms with Crippen molar-refractivity contribution < 1.29 is 18.6 Å². The molecule has 7 heteroatoms. The highest BCUT2D eigenvalue weighted by molar-refractivity contribution is 6.62. The highest BCUT2D eigenvalue weighted by atomic mass is 16.7. The second-order valence-corrected chi connectivity index (χ2v) is 12.5. The van der Waals surface area contributed by atoms with Gasteiger partial charge < -0.3 is 23.2 Å². The SMILES string of the molecule is C=C(C)n1c2c(c3cc(B4OC(C)(C)C(C)(C)O4)ccc31)C=C(B1OC(C)(C)C(C)(C)O1)CCC2. The third-order valence-electron chi connectivity index (χ3n) is 8.80. The fourth-order valence-corrected chi connectivity index (χ4v) is 5.25. The first-order chi connectivity index (χ1) is 16.1. The van der Waals surface area contributed by atoms with Crippen LogP contribution in [0.5, 0.6) is 0 Å². The lowest BCUT2D eigenvalue weighted by Gasteiger charge is -2.32. The number of rotatable bonds is 3. The summed E-state index contributed by atoms with van der Waals surface area (Å²) in [6.07, 6.45) is 5.26. The van der Waals surface area contributed by atoms with Crippen LogP contribution < -0.4 is 5.46 Å². The molecule has 0 atom stereocenters. The smallest absolute Gasteiger partial charge is 0.400 e. The summed E-state index contributed by atoms with van der Waals surface area (Å²) in [5.74, 6) is 0. The molecular formula is C28H39B2NO4. The monoisotopic (exact) mass is 475 g/mol. The largest absolute Gasteiger partial charge is 0.494 e. The van der Waals surface area contributed by atoms with Gasteiger partial charge in [0.05, 0.1) is 27.9 Å². The first-order valence-electron chi connectivity index (χ1n) is 12.9. The molecular weight excluding hydrogens is 436 g/mol. The molecule has 0 saturated carbocycles. The van der Waals surface area contributed by atoms with Crippen molar-refractivity contribution in [1.82, 2.24) is 4.57 Å². The highest BCUT2D eigenvalue weighted by Gasteiger charge is 2.53. The van der Waals surface area contributed by atoms with Crippen molar-refractivity contribution in [3.63, 3.8) is 0 Å². The van der Waals surface area contributed by atoms with Crippen molar-refractivity contribution in [2.24, 2.45) is 0 Å². The second kappa shape index (κ2) is 7.85. The molecule has 0 radical (unpaired) electrons. The Labute approximate surface area is 211 Å². The third kappa shape index (κ3) is 3.87. The summed E-state index contributed by atoms with van der Waals surface area (Å²) in [5, 5.41) is 1.19. The fourth-order valence-electron chi connectivity index (χ4n) is 5.25. The minimum Gasteiger partial charge on any atom is -0.400 e. The lowest BCUT2D eigenvalue weighted by atomic mass is 9.75. The van der Waals surface area contributed by atoms with E-state index in [0.29, 0.717) is 0 Å². The van der Waals surface area contributed by atoms with Crippen molar-refractivity contribution >= 4 is 42.4 Å². The molecule has 3 heterocycles. The molecule has 0 spiro atoms. The number of allylic oxidation sites excluding steroid dienone is 2. The fraction of sp³-hybridized carbons (Fsp3) is 0.571. The quantitative estimate of drug-likeness (QED) is 0.528. The number of benzene rings is 1. The summed E-state index contributed by atoms with van der Waals surface area (Å²) in [4.78, 5) is 0. The summed E-state index contributed by atoms with van der Waals surface area (Å²) < 4.78 is 27.9. The predicted molar refractivity (Wildman–Crippen MR) is 146 cm³/mol. The van der Waals surface area contributed by atoms with Crippen LogP contribution in [-0.4, -0.2) is 41.2 Å². The molecule has 0 amide bonds. The molecule has 1 aromatic carbocycles. The Morgan fingerprint density at radius 1 is 0.829 bits per heavy atom. The van der Waals surface area contributed by atoms with Crippen LogP contribution in [0.1, 0.15) is 86.4 Å². The standard InChI is InChI=1S/C28H39B2NO4/c1-18(2)31-23-13-11-12-19(29-32-25(3,4)26(5,6)33-29)16-21(23)22-17-20(14-15-24(22)31)30-34-27(7,8)28(9,10)35-30/h14-17H,1,11-13H2,2-10H3. The highest BCUT2D eigenvalue weighted by Crippen LogP contribution is 2.42. The van der Waals surface area contributed by atoms with Crippen LogP contribution in [0.4, 0.5) is 0 Å². The number of nitrogens with zero attached hydrogens (tertiary/aromatic N) is 1. The van der Waals surface area contributed by atoms with Crippen molar-refractivity contribution in [3.8, 4) is 0 Å². The van der Waals surface area contributed by atoms with E-state index >= 15 is 0 Å². The zero-order chi connectivity index (χ0) is 25.6. The van der Waals surface area contributed by atoms with E-state index in [1.165, 1.54) is 22.1 Å². The van der Waals surface area contributed by atoms with Gasteiger partial charge in [0.1, 0.15) is 0 Å². The van der Waals surface area contributed by atoms with Crippen LogP contribution in [0.15, 0.2) is 30.3 Å². The lowest BCUT2D eigenvalue weighted by molar-refractivity contribution is 0.00578. The molecule has 2 saturated heterocycles. The molecule has 1 aromatic heterocycles. The van der Waals surface area contributed by atoms with Crippen LogP contribution in [0.2, 0.25) is 0 Å². The molecule has 2 aliphatic heterocycles. The van der Waals surface area contributed by atoms with E-state index in [0.717, 1.165) is 35.9 Å². The van der Waals surface area contributed by atoms with E-state index in [1.807, 2.05) is 0 Å². The van der Waals surface area contributed by atoms with Crippen LogP contribution in [0, 0.1) is 0 Å². The average molecular weight is 475 g/mol. The molecule has 5 nitrogen and oxygen atoms in total. The molecule has 35 heavy (non-hydrogen) atoms.